The maximum Gasteiger partial charge on any atom is 0.411 e. The van der Waals surface area contributed by atoms with E-state index in [1.54, 1.807) is 4.90 Å². The number of cyclic esters (lactones) is 1. The van der Waals surface area contributed by atoms with Gasteiger partial charge in [-0.05, 0) is 35.1 Å². The molecule has 1 heterocycles. The van der Waals surface area contributed by atoms with Crippen LogP contribution in [0, 0.1) is 0 Å². The van der Waals surface area contributed by atoms with E-state index in [-0.39, 0.29) is 6.61 Å². The maximum atomic E-state index is 13.7. The average molecular weight is 499 g/mol. The summed E-state index contributed by atoms with van der Waals surface area (Å²) in [6.07, 6.45) is 1.31. The highest BCUT2D eigenvalue weighted by atomic mass is 16.6. The quantitative estimate of drug-likeness (QED) is 0.0996. The highest BCUT2D eigenvalue weighted by molar-refractivity contribution is 5.83. The fourth-order valence-electron chi connectivity index (χ4n) is 4.63. The summed E-state index contributed by atoms with van der Waals surface area (Å²) in [5, 5.41) is 3.57. The number of morpholine rings is 1. The molecule has 8 heteroatoms. The third-order valence-corrected chi connectivity index (χ3v) is 6.42. The molecule has 1 aliphatic rings. The van der Waals surface area contributed by atoms with Gasteiger partial charge in [0.2, 0.25) is 0 Å². The van der Waals surface area contributed by atoms with Crippen molar-refractivity contribution in [2.45, 2.75) is 50.5 Å². The third kappa shape index (κ3) is 6.68. The van der Waals surface area contributed by atoms with Gasteiger partial charge in [-0.25, -0.2) is 9.59 Å². The molecule has 8 nitrogen and oxygen atoms in total. The summed E-state index contributed by atoms with van der Waals surface area (Å²) in [7, 11) is 0. The topological polar surface area (TPSA) is 105 Å². The zero-order chi connectivity index (χ0) is 25.9. The fraction of sp³-hybridized carbons (Fsp3) is 0.310. The number of amides is 1. The van der Waals surface area contributed by atoms with E-state index in [2.05, 4.69) is 10.0 Å². The standard InChI is InChI=1S/C29H30N4O4/c30-32-31-20-12-4-11-19-25-28(34)37-27(24-17-9-3-10-18-24)26(23-15-7-2-8-16-23)33(25)29(35)36-21-22-13-5-1-6-14-22/h1-3,5-10,13-18,25-27H,4,11-12,19-21H2/t25-,26-,27+/m0/s1. The largest absolute Gasteiger partial charge is 0.453 e. The highest BCUT2D eigenvalue weighted by Gasteiger charge is 2.48. The Morgan fingerprint density at radius 2 is 1.51 bits per heavy atom. The SMILES string of the molecule is [N-]=[N+]=NCCCCC[C@H]1C(=O)O[C@H](c2ccccc2)[C@H](c2ccccc2)N1C(=O)OCc1ccccc1. The van der Waals surface area contributed by atoms with Gasteiger partial charge in [0.05, 0.1) is 0 Å². The van der Waals surface area contributed by atoms with E-state index in [0.29, 0.717) is 25.8 Å². The first-order valence-electron chi connectivity index (χ1n) is 12.5. The summed E-state index contributed by atoms with van der Waals surface area (Å²) >= 11 is 0. The zero-order valence-corrected chi connectivity index (χ0v) is 20.6. The van der Waals surface area contributed by atoms with Crippen LogP contribution < -0.4 is 0 Å². The van der Waals surface area contributed by atoms with Crippen LogP contribution in [0.25, 0.3) is 10.4 Å². The van der Waals surface area contributed by atoms with Gasteiger partial charge >= 0.3 is 12.1 Å². The molecule has 190 valence electrons. The Bertz CT molecular complexity index is 1200. The van der Waals surface area contributed by atoms with Crippen LogP contribution in [0.5, 0.6) is 0 Å². The minimum Gasteiger partial charge on any atom is -0.453 e. The van der Waals surface area contributed by atoms with Crippen LogP contribution in [0.15, 0.2) is 96.1 Å². The minimum absolute atomic E-state index is 0.0988. The van der Waals surface area contributed by atoms with Crippen LogP contribution >= 0.6 is 0 Å². The molecule has 1 amide bonds. The molecule has 1 fully saturated rings. The summed E-state index contributed by atoms with van der Waals surface area (Å²) in [5.41, 5.74) is 11.0. The van der Waals surface area contributed by atoms with E-state index in [0.717, 1.165) is 23.1 Å². The summed E-state index contributed by atoms with van der Waals surface area (Å²) in [4.78, 5) is 31.4. The van der Waals surface area contributed by atoms with Gasteiger partial charge < -0.3 is 9.47 Å². The van der Waals surface area contributed by atoms with Crippen molar-refractivity contribution in [3.63, 3.8) is 0 Å². The highest BCUT2D eigenvalue weighted by Crippen LogP contribution is 2.43. The van der Waals surface area contributed by atoms with Crippen molar-refractivity contribution in [1.82, 2.24) is 4.90 Å². The lowest BCUT2D eigenvalue weighted by Crippen LogP contribution is -2.54. The molecule has 0 radical (unpaired) electrons. The molecular formula is C29H30N4O4. The molecule has 1 saturated heterocycles. The van der Waals surface area contributed by atoms with E-state index in [4.69, 9.17) is 15.0 Å². The van der Waals surface area contributed by atoms with Crippen molar-refractivity contribution in [2.75, 3.05) is 6.54 Å². The van der Waals surface area contributed by atoms with Crippen molar-refractivity contribution in [3.8, 4) is 0 Å². The minimum atomic E-state index is -0.798. The average Bonchev–Trinajstić information content (AvgIpc) is 2.95. The maximum absolute atomic E-state index is 13.7. The molecule has 3 atom stereocenters. The Labute approximate surface area is 216 Å². The Hall–Kier alpha value is -4.29. The van der Waals surface area contributed by atoms with Gasteiger partial charge in [0.1, 0.15) is 18.7 Å². The van der Waals surface area contributed by atoms with E-state index < -0.39 is 30.3 Å². The van der Waals surface area contributed by atoms with Crippen molar-refractivity contribution < 1.29 is 19.1 Å². The Balaban J connectivity index is 1.65. The molecule has 0 aliphatic carbocycles. The molecule has 3 aromatic carbocycles. The summed E-state index contributed by atoms with van der Waals surface area (Å²) in [6, 6.07) is 27.2. The van der Waals surface area contributed by atoms with E-state index in [9.17, 15) is 9.59 Å². The molecule has 0 saturated carbocycles. The zero-order valence-electron chi connectivity index (χ0n) is 20.6. The molecule has 1 aliphatic heterocycles. The third-order valence-electron chi connectivity index (χ3n) is 6.42. The molecule has 0 unspecified atom stereocenters. The number of rotatable bonds is 10. The predicted octanol–water partition coefficient (Wildman–Crippen LogP) is 6.90. The smallest absolute Gasteiger partial charge is 0.411 e. The van der Waals surface area contributed by atoms with Crippen LogP contribution in [0.1, 0.15) is 54.5 Å². The molecule has 0 bridgehead atoms. The van der Waals surface area contributed by atoms with Gasteiger partial charge in [0.25, 0.3) is 0 Å². The molecule has 0 N–H and O–H groups in total. The summed E-state index contributed by atoms with van der Waals surface area (Å²) in [6.45, 7) is 0.499. The molecule has 0 aromatic heterocycles. The molecule has 0 spiro atoms. The number of benzene rings is 3. The fourth-order valence-corrected chi connectivity index (χ4v) is 4.63. The Morgan fingerprint density at radius 3 is 2.16 bits per heavy atom. The first kappa shape index (κ1) is 25.8. The normalized spacial score (nSPS) is 19.0. The molecule has 3 aromatic rings. The molecular weight excluding hydrogens is 468 g/mol. The second-order valence-electron chi connectivity index (χ2n) is 8.89. The van der Waals surface area contributed by atoms with E-state index >= 15 is 0 Å². The van der Waals surface area contributed by atoms with Crippen molar-refractivity contribution in [1.29, 1.82) is 0 Å². The van der Waals surface area contributed by atoms with Crippen LogP contribution in [0.2, 0.25) is 0 Å². The first-order chi connectivity index (χ1) is 18.2. The van der Waals surface area contributed by atoms with Gasteiger partial charge in [-0.2, -0.15) is 0 Å². The number of carbonyl (C=O) groups is 2. The van der Waals surface area contributed by atoms with Crippen molar-refractivity contribution in [2.24, 2.45) is 5.11 Å². The van der Waals surface area contributed by atoms with Crippen LogP contribution in [0.3, 0.4) is 0 Å². The molecule has 4 rings (SSSR count). The Kier molecular flexibility index (Phi) is 9.16. The lowest BCUT2D eigenvalue weighted by atomic mass is 9.90. The number of unbranched alkanes of at least 4 members (excludes halogenated alkanes) is 2. The predicted molar refractivity (Wildman–Crippen MR) is 139 cm³/mol. The number of nitrogens with zero attached hydrogens (tertiary/aromatic N) is 4. The number of ether oxygens (including phenoxy) is 2. The number of hydrogen-bond acceptors (Lipinski definition) is 5. The van der Waals surface area contributed by atoms with Crippen LogP contribution in [-0.4, -0.2) is 29.5 Å². The van der Waals surface area contributed by atoms with Crippen LogP contribution in [0.4, 0.5) is 4.79 Å². The molecule has 37 heavy (non-hydrogen) atoms. The van der Waals surface area contributed by atoms with Gasteiger partial charge in [-0.15, -0.1) is 0 Å². The van der Waals surface area contributed by atoms with E-state index in [1.807, 2.05) is 91.0 Å². The summed E-state index contributed by atoms with van der Waals surface area (Å²) < 4.78 is 11.8. The van der Waals surface area contributed by atoms with Crippen molar-refractivity contribution in [3.05, 3.63) is 118 Å². The lowest BCUT2D eigenvalue weighted by molar-refractivity contribution is -0.173. The number of hydrogen-bond donors (Lipinski definition) is 0. The first-order valence-corrected chi connectivity index (χ1v) is 12.5. The monoisotopic (exact) mass is 498 g/mol. The summed E-state index contributed by atoms with van der Waals surface area (Å²) in [5.74, 6) is -0.451. The second kappa shape index (κ2) is 13.1. The lowest BCUT2D eigenvalue weighted by Gasteiger charge is -2.44. The van der Waals surface area contributed by atoms with E-state index in [1.165, 1.54) is 0 Å². The number of azide groups is 1. The number of esters is 1. The van der Waals surface area contributed by atoms with Crippen molar-refractivity contribution >= 4 is 12.1 Å². The number of carbonyl (C=O) groups excluding carboxylic acids is 2. The van der Waals surface area contributed by atoms with Gasteiger partial charge in [0, 0.05) is 11.5 Å². The van der Waals surface area contributed by atoms with Gasteiger partial charge in [-0.1, -0.05) is 109 Å². The van der Waals surface area contributed by atoms with Gasteiger partial charge in [0.15, 0.2) is 6.10 Å². The van der Waals surface area contributed by atoms with Crippen LogP contribution in [-0.2, 0) is 20.9 Å². The Morgan fingerprint density at radius 1 is 0.892 bits per heavy atom. The second-order valence-corrected chi connectivity index (χ2v) is 8.89. The van der Waals surface area contributed by atoms with Gasteiger partial charge in [-0.3, -0.25) is 4.90 Å².